The summed E-state index contributed by atoms with van der Waals surface area (Å²) < 4.78 is 0. The van der Waals surface area contributed by atoms with Crippen molar-refractivity contribution in [2.24, 2.45) is 5.92 Å². The van der Waals surface area contributed by atoms with E-state index in [0.717, 1.165) is 19.0 Å². The van der Waals surface area contributed by atoms with Crippen molar-refractivity contribution in [2.75, 3.05) is 40.3 Å². The lowest BCUT2D eigenvalue weighted by atomic mass is 9.95. The molecule has 96 valence electrons. The summed E-state index contributed by atoms with van der Waals surface area (Å²) in [6.07, 6.45) is 1.28. The normalized spacial score (nSPS) is 22.7. The molecule has 0 aromatic heterocycles. The molecule has 0 amide bonds. The molecule has 1 heterocycles. The van der Waals surface area contributed by atoms with Gasteiger partial charge in [-0.25, -0.2) is 0 Å². The zero-order chi connectivity index (χ0) is 12.1. The molecule has 2 atom stereocenters. The molecule has 0 bridgehead atoms. The Morgan fingerprint density at radius 1 is 1.12 bits per heavy atom. The van der Waals surface area contributed by atoms with Gasteiger partial charge in [0.15, 0.2) is 0 Å². The van der Waals surface area contributed by atoms with Crippen molar-refractivity contribution in [1.82, 2.24) is 15.1 Å². The molecule has 16 heavy (non-hydrogen) atoms. The van der Waals surface area contributed by atoms with Crippen LogP contribution in [0.25, 0.3) is 0 Å². The molecular weight excluding hydrogens is 198 g/mol. The lowest BCUT2D eigenvalue weighted by Gasteiger charge is -2.37. The summed E-state index contributed by atoms with van der Waals surface area (Å²) in [6.45, 7) is 11.8. The maximum atomic E-state index is 3.42. The van der Waals surface area contributed by atoms with Crippen molar-refractivity contribution in [3.05, 3.63) is 0 Å². The lowest BCUT2D eigenvalue weighted by molar-refractivity contribution is 0.126. The Hall–Kier alpha value is -0.120. The highest BCUT2D eigenvalue weighted by molar-refractivity contribution is 4.80. The number of nitrogens with one attached hydrogen (secondary N) is 1. The van der Waals surface area contributed by atoms with Crippen molar-refractivity contribution < 1.29 is 0 Å². The SMILES string of the molecule is CC(C)C(CC(C)N1CCNCC1)N(C)C. The molecule has 0 aliphatic carbocycles. The van der Waals surface area contributed by atoms with Gasteiger partial charge in [-0.2, -0.15) is 0 Å². The average Bonchev–Trinajstić information content (AvgIpc) is 2.25. The van der Waals surface area contributed by atoms with E-state index in [1.165, 1.54) is 19.5 Å². The first-order chi connectivity index (χ1) is 7.52. The Kier molecular flexibility index (Phi) is 5.73. The zero-order valence-corrected chi connectivity index (χ0v) is 11.7. The molecule has 1 aliphatic rings. The highest BCUT2D eigenvalue weighted by atomic mass is 15.2. The highest BCUT2D eigenvalue weighted by Gasteiger charge is 2.23. The fourth-order valence-corrected chi connectivity index (χ4v) is 2.70. The van der Waals surface area contributed by atoms with Crippen molar-refractivity contribution in [3.8, 4) is 0 Å². The molecule has 0 radical (unpaired) electrons. The fourth-order valence-electron chi connectivity index (χ4n) is 2.70. The first-order valence-corrected chi connectivity index (χ1v) is 6.63. The molecule has 3 nitrogen and oxygen atoms in total. The predicted molar refractivity (Wildman–Crippen MR) is 70.8 cm³/mol. The van der Waals surface area contributed by atoms with E-state index in [2.05, 4.69) is 50.0 Å². The summed E-state index contributed by atoms with van der Waals surface area (Å²) >= 11 is 0. The van der Waals surface area contributed by atoms with Gasteiger partial charge in [0.1, 0.15) is 0 Å². The van der Waals surface area contributed by atoms with Crippen LogP contribution in [0.2, 0.25) is 0 Å². The third-order valence-corrected chi connectivity index (χ3v) is 3.79. The Morgan fingerprint density at radius 3 is 2.12 bits per heavy atom. The smallest absolute Gasteiger partial charge is 0.0127 e. The van der Waals surface area contributed by atoms with Gasteiger partial charge in [-0.3, -0.25) is 4.90 Å². The summed E-state index contributed by atoms with van der Waals surface area (Å²) in [5.41, 5.74) is 0. The minimum Gasteiger partial charge on any atom is -0.314 e. The van der Waals surface area contributed by atoms with E-state index in [9.17, 15) is 0 Å². The molecule has 1 fully saturated rings. The van der Waals surface area contributed by atoms with Crippen LogP contribution in [-0.4, -0.2) is 62.2 Å². The summed E-state index contributed by atoms with van der Waals surface area (Å²) in [4.78, 5) is 5.00. The topological polar surface area (TPSA) is 18.5 Å². The van der Waals surface area contributed by atoms with Crippen LogP contribution >= 0.6 is 0 Å². The molecule has 0 aromatic carbocycles. The van der Waals surface area contributed by atoms with Crippen molar-refractivity contribution in [3.63, 3.8) is 0 Å². The Balaban J connectivity index is 2.43. The Morgan fingerprint density at radius 2 is 1.69 bits per heavy atom. The minimum absolute atomic E-state index is 0.699. The van der Waals surface area contributed by atoms with E-state index in [1.54, 1.807) is 0 Å². The van der Waals surface area contributed by atoms with E-state index < -0.39 is 0 Å². The third-order valence-electron chi connectivity index (χ3n) is 3.79. The summed E-state index contributed by atoms with van der Waals surface area (Å²) in [5.74, 6) is 0.736. The monoisotopic (exact) mass is 227 g/mol. The van der Waals surface area contributed by atoms with Gasteiger partial charge in [0, 0.05) is 38.3 Å². The van der Waals surface area contributed by atoms with Gasteiger partial charge >= 0.3 is 0 Å². The number of hydrogen-bond donors (Lipinski definition) is 1. The van der Waals surface area contributed by atoms with Crippen LogP contribution in [0.4, 0.5) is 0 Å². The highest BCUT2D eigenvalue weighted by Crippen LogP contribution is 2.17. The number of hydrogen-bond acceptors (Lipinski definition) is 3. The molecule has 1 saturated heterocycles. The van der Waals surface area contributed by atoms with Gasteiger partial charge in [-0.15, -0.1) is 0 Å². The molecule has 1 aliphatic heterocycles. The predicted octanol–water partition coefficient (Wildman–Crippen LogP) is 1.26. The van der Waals surface area contributed by atoms with Gasteiger partial charge < -0.3 is 10.2 Å². The lowest BCUT2D eigenvalue weighted by Crippen LogP contribution is -2.49. The first-order valence-electron chi connectivity index (χ1n) is 6.63. The number of nitrogens with zero attached hydrogens (tertiary/aromatic N) is 2. The van der Waals surface area contributed by atoms with Crippen LogP contribution in [0.3, 0.4) is 0 Å². The van der Waals surface area contributed by atoms with E-state index in [-0.39, 0.29) is 0 Å². The van der Waals surface area contributed by atoms with Crippen LogP contribution in [0, 0.1) is 5.92 Å². The number of rotatable bonds is 5. The molecular formula is C13H29N3. The maximum absolute atomic E-state index is 3.42. The molecule has 1 N–H and O–H groups in total. The van der Waals surface area contributed by atoms with E-state index in [0.29, 0.717) is 12.1 Å². The molecule has 2 unspecified atom stereocenters. The van der Waals surface area contributed by atoms with Crippen LogP contribution < -0.4 is 5.32 Å². The molecule has 3 heteroatoms. The van der Waals surface area contributed by atoms with Crippen LogP contribution in [0.5, 0.6) is 0 Å². The molecule has 1 rings (SSSR count). The second kappa shape index (κ2) is 6.58. The van der Waals surface area contributed by atoms with E-state index >= 15 is 0 Å². The maximum Gasteiger partial charge on any atom is 0.0127 e. The zero-order valence-electron chi connectivity index (χ0n) is 11.7. The van der Waals surface area contributed by atoms with Gasteiger partial charge in [-0.05, 0) is 33.4 Å². The van der Waals surface area contributed by atoms with Gasteiger partial charge in [0.2, 0.25) is 0 Å². The van der Waals surface area contributed by atoms with Crippen LogP contribution in [-0.2, 0) is 0 Å². The Bertz CT molecular complexity index is 178. The van der Waals surface area contributed by atoms with Crippen LogP contribution in [0.1, 0.15) is 27.2 Å². The standard InChI is InChI=1S/C13H29N3/c1-11(2)13(15(4)5)10-12(3)16-8-6-14-7-9-16/h11-14H,6-10H2,1-5H3. The summed E-state index contributed by atoms with van der Waals surface area (Å²) in [6, 6.07) is 1.40. The van der Waals surface area contributed by atoms with E-state index in [1.807, 2.05) is 0 Å². The van der Waals surface area contributed by atoms with Gasteiger partial charge in [-0.1, -0.05) is 13.8 Å². The average molecular weight is 227 g/mol. The minimum atomic E-state index is 0.699. The van der Waals surface area contributed by atoms with Crippen molar-refractivity contribution >= 4 is 0 Å². The molecule has 0 saturated carbocycles. The van der Waals surface area contributed by atoms with Crippen molar-refractivity contribution in [2.45, 2.75) is 39.3 Å². The molecule has 0 aromatic rings. The van der Waals surface area contributed by atoms with Gasteiger partial charge in [0.25, 0.3) is 0 Å². The summed E-state index contributed by atoms with van der Waals surface area (Å²) in [7, 11) is 4.41. The third kappa shape index (κ3) is 4.04. The van der Waals surface area contributed by atoms with Gasteiger partial charge in [0.05, 0.1) is 0 Å². The summed E-state index contributed by atoms with van der Waals surface area (Å²) in [5, 5.41) is 3.42. The largest absolute Gasteiger partial charge is 0.314 e. The quantitative estimate of drug-likeness (QED) is 0.763. The second-order valence-electron chi connectivity index (χ2n) is 5.65. The second-order valence-corrected chi connectivity index (χ2v) is 5.65. The number of piperazine rings is 1. The van der Waals surface area contributed by atoms with E-state index in [4.69, 9.17) is 0 Å². The fraction of sp³-hybridized carbons (Fsp3) is 1.00. The first kappa shape index (κ1) is 13.9. The van der Waals surface area contributed by atoms with Crippen LogP contribution in [0.15, 0.2) is 0 Å². The van der Waals surface area contributed by atoms with Crippen molar-refractivity contribution in [1.29, 1.82) is 0 Å². The molecule has 0 spiro atoms. The Labute approximate surface area is 101 Å².